The van der Waals surface area contributed by atoms with E-state index in [1.807, 2.05) is 57.2 Å². The van der Waals surface area contributed by atoms with Gasteiger partial charge in [0.2, 0.25) is 0 Å². The first kappa shape index (κ1) is 25.0. The predicted molar refractivity (Wildman–Crippen MR) is 149 cm³/mol. The summed E-state index contributed by atoms with van der Waals surface area (Å²) in [6, 6.07) is 15.8. The molecular formula is C26H21Br2ClN2O2S. The number of ether oxygens (including phenoxy) is 1. The molecule has 0 unspecified atom stereocenters. The van der Waals surface area contributed by atoms with Crippen molar-refractivity contribution in [2.75, 3.05) is 0 Å². The summed E-state index contributed by atoms with van der Waals surface area (Å²) in [5.74, 6) is 0.374. The molecule has 1 heterocycles. The number of thioether (sulfide) groups is 1. The van der Waals surface area contributed by atoms with E-state index in [2.05, 4.69) is 48.2 Å². The van der Waals surface area contributed by atoms with Gasteiger partial charge in [0.1, 0.15) is 6.61 Å². The van der Waals surface area contributed by atoms with Crippen LogP contribution >= 0.6 is 55.2 Å². The van der Waals surface area contributed by atoms with Crippen molar-refractivity contribution >= 4 is 78.1 Å². The number of aliphatic imine (C=N–C) groups is 1. The maximum atomic E-state index is 12.5. The first-order valence-electron chi connectivity index (χ1n) is 10.4. The van der Waals surface area contributed by atoms with Crippen LogP contribution in [0.3, 0.4) is 0 Å². The molecule has 4 rings (SSSR count). The van der Waals surface area contributed by atoms with E-state index in [1.165, 1.54) is 17.3 Å². The maximum Gasteiger partial charge on any atom is 0.264 e. The van der Waals surface area contributed by atoms with E-state index in [-0.39, 0.29) is 5.91 Å². The Kier molecular flexibility index (Phi) is 7.87. The average molecular weight is 621 g/mol. The molecule has 0 saturated carbocycles. The zero-order valence-corrected chi connectivity index (χ0v) is 23.5. The molecule has 1 amide bonds. The molecule has 0 bridgehead atoms. The minimum Gasteiger partial charge on any atom is -0.486 e. The van der Waals surface area contributed by atoms with Crippen molar-refractivity contribution in [3.8, 4) is 5.75 Å². The van der Waals surface area contributed by atoms with Gasteiger partial charge in [-0.15, -0.1) is 0 Å². The summed E-state index contributed by atoms with van der Waals surface area (Å²) in [5, 5.41) is 3.84. The smallest absolute Gasteiger partial charge is 0.264 e. The van der Waals surface area contributed by atoms with Crippen molar-refractivity contribution in [1.82, 2.24) is 5.32 Å². The molecular weight excluding hydrogens is 600 g/mol. The maximum absolute atomic E-state index is 12.5. The molecule has 0 radical (unpaired) electrons. The van der Waals surface area contributed by atoms with Gasteiger partial charge in [0.05, 0.1) is 20.1 Å². The number of rotatable bonds is 5. The quantitative estimate of drug-likeness (QED) is 0.292. The van der Waals surface area contributed by atoms with Crippen LogP contribution in [0.15, 0.2) is 67.4 Å². The monoisotopic (exact) mass is 618 g/mol. The Balaban J connectivity index is 1.52. The van der Waals surface area contributed by atoms with Gasteiger partial charge in [0.15, 0.2) is 10.9 Å². The van der Waals surface area contributed by atoms with Gasteiger partial charge in [-0.1, -0.05) is 57.4 Å². The number of nitrogens with one attached hydrogen (secondary N) is 1. The number of carbonyl (C=O) groups excluding carboxylic acids is 1. The molecule has 3 aromatic carbocycles. The van der Waals surface area contributed by atoms with Gasteiger partial charge in [0, 0.05) is 4.47 Å². The van der Waals surface area contributed by atoms with Crippen LogP contribution in [0.5, 0.6) is 5.75 Å². The molecule has 4 nitrogen and oxygen atoms in total. The van der Waals surface area contributed by atoms with E-state index in [0.29, 0.717) is 27.5 Å². The van der Waals surface area contributed by atoms with Crippen molar-refractivity contribution < 1.29 is 9.53 Å². The summed E-state index contributed by atoms with van der Waals surface area (Å²) in [6.07, 6.45) is 1.79. The normalized spacial score (nSPS) is 15.8. The van der Waals surface area contributed by atoms with Gasteiger partial charge in [0.25, 0.3) is 5.91 Å². The molecule has 1 fully saturated rings. The Morgan fingerprint density at radius 1 is 1.09 bits per heavy atom. The second kappa shape index (κ2) is 10.7. The lowest BCUT2D eigenvalue weighted by Gasteiger charge is -2.11. The molecule has 3 aromatic rings. The lowest BCUT2D eigenvalue weighted by atomic mass is 10.1. The fraction of sp³-hybridized carbons (Fsp3) is 0.154. The molecule has 8 heteroatoms. The molecule has 0 aromatic heterocycles. The van der Waals surface area contributed by atoms with Crippen LogP contribution in [0.1, 0.15) is 27.8 Å². The number of nitrogens with zero attached hydrogens (tertiary/aromatic N) is 1. The van der Waals surface area contributed by atoms with E-state index < -0.39 is 0 Å². The second-order valence-electron chi connectivity index (χ2n) is 7.97. The van der Waals surface area contributed by atoms with Gasteiger partial charge in [-0.3, -0.25) is 4.79 Å². The van der Waals surface area contributed by atoms with Gasteiger partial charge < -0.3 is 10.1 Å². The van der Waals surface area contributed by atoms with E-state index in [9.17, 15) is 4.79 Å². The number of hydrogen-bond donors (Lipinski definition) is 1. The Morgan fingerprint density at radius 2 is 1.82 bits per heavy atom. The fourth-order valence-corrected chi connectivity index (χ4v) is 5.55. The highest BCUT2D eigenvalue weighted by molar-refractivity contribution is 9.10. The summed E-state index contributed by atoms with van der Waals surface area (Å²) in [6.45, 7) is 6.49. The van der Waals surface area contributed by atoms with Crippen LogP contribution in [0.4, 0.5) is 5.69 Å². The van der Waals surface area contributed by atoms with E-state index in [0.717, 1.165) is 36.9 Å². The molecule has 0 spiro atoms. The Labute approximate surface area is 225 Å². The molecule has 1 N–H and O–H groups in total. The van der Waals surface area contributed by atoms with E-state index >= 15 is 0 Å². The predicted octanol–water partition coefficient (Wildman–Crippen LogP) is 8.26. The van der Waals surface area contributed by atoms with Gasteiger partial charge >= 0.3 is 0 Å². The molecule has 174 valence electrons. The summed E-state index contributed by atoms with van der Waals surface area (Å²) in [5.41, 5.74) is 6.00. The minimum absolute atomic E-state index is 0.193. The third kappa shape index (κ3) is 5.95. The van der Waals surface area contributed by atoms with Crippen LogP contribution in [-0.4, -0.2) is 11.1 Å². The van der Waals surface area contributed by atoms with Crippen molar-refractivity contribution in [3.63, 3.8) is 0 Å². The molecule has 0 atom stereocenters. The van der Waals surface area contributed by atoms with E-state index in [1.54, 1.807) is 12.1 Å². The first-order chi connectivity index (χ1) is 16.2. The highest BCUT2D eigenvalue weighted by Crippen LogP contribution is 2.37. The number of amidine groups is 1. The summed E-state index contributed by atoms with van der Waals surface area (Å²) in [7, 11) is 0. The second-order valence-corrected chi connectivity index (χ2v) is 11.1. The van der Waals surface area contributed by atoms with Crippen LogP contribution in [-0.2, 0) is 11.4 Å². The molecule has 1 aliphatic rings. The Hall–Kier alpha value is -2.06. The van der Waals surface area contributed by atoms with Gasteiger partial charge in [-0.25, -0.2) is 4.99 Å². The highest BCUT2D eigenvalue weighted by Gasteiger charge is 2.24. The molecule has 1 saturated heterocycles. The molecule has 34 heavy (non-hydrogen) atoms. The number of halogens is 3. The SMILES string of the molecule is Cc1cccc(COc2c(Cl)cc(/C=C3\SC(=Nc4cc(C)c(Br)c(C)c4)NC3=O)cc2Br)c1. The van der Waals surface area contributed by atoms with Crippen molar-refractivity contribution in [1.29, 1.82) is 0 Å². The van der Waals surface area contributed by atoms with Gasteiger partial charge in [-0.05, 0) is 101 Å². The lowest BCUT2D eigenvalue weighted by Crippen LogP contribution is -2.19. The van der Waals surface area contributed by atoms with Crippen LogP contribution in [0.25, 0.3) is 6.08 Å². The topological polar surface area (TPSA) is 50.7 Å². The number of aryl methyl sites for hydroxylation is 3. The number of hydrogen-bond acceptors (Lipinski definition) is 4. The lowest BCUT2D eigenvalue weighted by molar-refractivity contribution is -0.115. The standard InChI is InChI=1S/C26H21Br2ClN2O2S/c1-14-5-4-6-17(7-14)13-33-24-20(27)10-18(11-21(24)29)12-22-25(32)31-26(34-22)30-19-8-15(2)23(28)16(3)9-19/h4-12H,13H2,1-3H3,(H,30,31,32)/b22-12-. The number of amides is 1. The zero-order chi connectivity index (χ0) is 24.4. The average Bonchev–Trinajstić information content (AvgIpc) is 3.09. The largest absolute Gasteiger partial charge is 0.486 e. The third-order valence-corrected chi connectivity index (χ3v) is 8.12. The summed E-state index contributed by atoms with van der Waals surface area (Å²) < 4.78 is 7.74. The van der Waals surface area contributed by atoms with Gasteiger partial charge in [-0.2, -0.15) is 0 Å². The third-order valence-electron chi connectivity index (χ3n) is 5.09. The molecule has 1 aliphatic heterocycles. The Morgan fingerprint density at radius 3 is 2.50 bits per heavy atom. The summed E-state index contributed by atoms with van der Waals surface area (Å²) >= 11 is 14.9. The number of carbonyl (C=O) groups is 1. The first-order valence-corrected chi connectivity index (χ1v) is 13.2. The minimum atomic E-state index is -0.193. The number of benzene rings is 3. The van der Waals surface area contributed by atoms with Crippen molar-refractivity contribution in [2.24, 2.45) is 4.99 Å². The fourth-order valence-electron chi connectivity index (χ4n) is 3.49. The zero-order valence-electron chi connectivity index (χ0n) is 18.7. The van der Waals surface area contributed by atoms with Crippen molar-refractivity contribution in [3.05, 3.63) is 95.2 Å². The Bertz CT molecular complexity index is 1310. The molecule has 0 aliphatic carbocycles. The summed E-state index contributed by atoms with van der Waals surface area (Å²) in [4.78, 5) is 17.7. The van der Waals surface area contributed by atoms with Crippen molar-refractivity contribution in [2.45, 2.75) is 27.4 Å². The van der Waals surface area contributed by atoms with Crippen LogP contribution < -0.4 is 10.1 Å². The van der Waals surface area contributed by atoms with Crippen LogP contribution in [0.2, 0.25) is 5.02 Å². The van der Waals surface area contributed by atoms with Crippen LogP contribution in [0, 0.1) is 20.8 Å². The highest BCUT2D eigenvalue weighted by atomic mass is 79.9. The van der Waals surface area contributed by atoms with E-state index in [4.69, 9.17) is 16.3 Å².